The van der Waals surface area contributed by atoms with Crippen LogP contribution >= 0.6 is 0 Å². The fourth-order valence-corrected chi connectivity index (χ4v) is 4.01. The van der Waals surface area contributed by atoms with Crippen molar-refractivity contribution in [3.63, 3.8) is 0 Å². The van der Waals surface area contributed by atoms with E-state index in [1.807, 2.05) is 54.6 Å². The van der Waals surface area contributed by atoms with Crippen LogP contribution in [0, 0.1) is 0 Å². The van der Waals surface area contributed by atoms with Gasteiger partial charge in [-0.25, -0.2) is 8.42 Å². The van der Waals surface area contributed by atoms with E-state index in [-0.39, 0.29) is 4.90 Å². The molecular formula is C24H20N2O3S. The van der Waals surface area contributed by atoms with Crippen LogP contribution in [0.25, 0.3) is 0 Å². The van der Waals surface area contributed by atoms with Crippen molar-refractivity contribution < 1.29 is 13.2 Å². The number of hydrogen-bond acceptors (Lipinski definition) is 4. The first-order valence-electron chi connectivity index (χ1n) is 9.42. The van der Waals surface area contributed by atoms with Crippen molar-refractivity contribution in [2.75, 3.05) is 4.72 Å². The summed E-state index contributed by atoms with van der Waals surface area (Å²) in [5.41, 5.74) is 2.75. The molecule has 4 rings (SSSR count). The van der Waals surface area contributed by atoms with Crippen molar-refractivity contribution in [1.82, 2.24) is 4.98 Å². The number of ether oxygens (including phenoxy) is 1. The number of nitrogens with zero attached hydrogens (tertiary/aromatic N) is 1. The van der Waals surface area contributed by atoms with Crippen molar-refractivity contribution in [3.8, 4) is 11.5 Å². The highest BCUT2D eigenvalue weighted by molar-refractivity contribution is 7.92. The minimum absolute atomic E-state index is 0.170. The maximum Gasteiger partial charge on any atom is 0.261 e. The van der Waals surface area contributed by atoms with E-state index in [0.29, 0.717) is 17.2 Å². The van der Waals surface area contributed by atoms with E-state index in [1.165, 1.54) is 12.1 Å². The maximum atomic E-state index is 12.7. The molecule has 0 saturated heterocycles. The van der Waals surface area contributed by atoms with Gasteiger partial charge in [0.1, 0.15) is 11.5 Å². The van der Waals surface area contributed by atoms with Crippen molar-refractivity contribution in [1.29, 1.82) is 0 Å². The minimum Gasteiger partial charge on any atom is -0.457 e. The molecule has 0 unspecified atom stereocenters. The molecule has 0 aliphatic carbocycles. The van der Waals surface area contributed by atoms with E-state index in [0.717, 1.165) is 17.5 Å². The fraction of sp³-hybridized carbons (Fsp3) is 0.0417. The Morgan fingerprint density at radius 3 is 1.97 bits per heavy atom. The number of aromatic nitrogens is 1. The third-order valence-electron chi connectivity index (χ3n) is 4.48. The summed E-state index contributed by atoms with van der Waals surface area (Å²) in [7, 11) is -3.69. The summed E-state index contributed by atoms with van der Waals surface area (Å²) in [4.78, 5) is 4.18. The molecule has 30 heavy (non-hydrogen) atoms. The normalized spacial score (nSPS) is 11.1. The Labute approximate surface area is 176 Å². The Balaban J connectivity index is 1.42. The van der Waals surface area contributed by atoms with Gasteiger partial charge in [0.25, 0.3) is 10.0 Å². The highest BCUT2D eigenvalue weighted by atomic mass is 32.2. The quantitative estimate of drug-likeness (QED) is 0.446. The Hall–Kier alpha value is -3.64. The average molecular weight is 417 g/mol. The number of para-hydroxylation sites is 1. The van der Waals surface area contributed by atoms with Gasteiger partial charge in [-0.3, -0.25) is 9.71 Å². The summed E-state index contributed by atoms with van der Waals surface area (Å²) in [6.07, 6.45) is 4.28. The highest BCUT2D eigenvalue weighted by Crippen LogP contribution is 2.24. The lowest BCUT2D eigenvalue weighted by Crippen LogP contribution is -2.12. The summed E-state index contributed by atoms with van der Waals surface area (Å²) in [6.45, 7) is 0. The fourth-order valence-electron chi connectivity index (χ4n) is 2.95. The number of anilines is 1. The topological polar surface area (TPSA) is 68.3 Å². The van der Waals surface area contributed by atoms with Gasteiger partial charge in [0.15, 0.2) is 0 Å². The summed E-state index contributed by atoms with van der Waals surface area (Å²) < 4.78 is 33.7. The summed E-state index contributed by atoms with van der Waals surface area (Å²) in [5, 5.41) is 0. The van der Waals surface area contributed by atoms with E-state index in [9.17, 15) is 8.42 Å². The summed E-state index contributed by atoms with van der Waals surface area (Å²) in [5.74, 6) is 1.26. The second kappa shape index (κ2) is 8.80. The predicted octanol–water partition coefficient (Wildman–Crippen LogP) is 5.27. The molecule has 0 radical (unpaired) electrons. The van der Waals surface area contributed by atoms with Crippen molar-refractivity contribution >= 4 is 15.7 Å². The molecule has 6 heteroatoms. The lowest BCUT2D eigenvalue weighted by molar-refractivity contribution is 0.482. The van der Waals surface area contributed by atoms with Gasteiger partial charge in [-0.1, -0.05) is 30.3 Å². The van der Waals surface area contributed by atoms with Gasteiger partial charge in [0.05, 0.1) is 4.90 Å². The second-order valence-electron chi connectivity index (χ2n) is 6.72. The highest BCUT2D eigenvalue weighted by Gasteiger charge is 2.14. The third-order valence-corrected chi connectivity index (χ3v) is 5.87. The SMILES string of the molecule is O=S(=O)(Nc1ccc(Cc2ccncc2)cc1)c1ccc(Oc2ccccc2)cc1. The van der Waals surface area contributed by atoms with Crippen LogP contribution in [0.2, 0.25) is 0 Å². The molecule has 0 saturated carbocycles. The average Bonchev–Trinajstić information content (AvgIpc) is 2.77. The Kier molecular flexibility index (Phi) is 5.77. The molecule has 5 nitrogen and oxygen atoms in total. The monoisotopic (exact) mass is 416 g/mol. The van der Waals surface area contributed by atoms with Crippen LogP contribution in [0.15, 0.2) is 108 Å². The Bertz CT molecular complexity index is 1190. The van der Waals surface area contributed by atoms with Crippen LogP contribution in [-0.4, -0.2) is 13.4 Å². The van der Waals surface area contributed by atoms with Gasteiger partial charge in [-0.2, -0.15) is 0 Å². The van der Waals surface area contributed by atoms with Crippen LogP contribution in [0.1, 0.15) is 11.1 Å². The molecule has 0 aliphatic heterocycles. The standard InChI is InChI=1S/C24H20N2O3S/c27-30(28,24-12-10-23(11-13-24)29-22-4-2-1-3-5-22)26-21-8-6-19(7-9-21)18-20-14-16-25-17-15-20/h1-17,26H,18H2. The van der Waals surface area contributed by atoms with Gasteiger partial charge >= 0.3 is 0 Å². The number of sulfonamides is 1. The van der Waals surface area contributed by atoms with Gasteiger partial charge < -0.3 is 4.74 Å². The summed E-state index contributed by atoms with van der Waals surface area (Å²) in [6, 6.07) is 26.9. The molecule has 0 amide bonds. The molecule has 150 valence electrons. The predicted molar refractivity (Wildman–Crippen MR) is 117 cm³/mol. The van der Waals surface area contributed by atoms with Gasteiger partial charge in [0, 0.05) is 18.1 Å². The lowest BCUT2D eigenvalue weighted by Gasteiger charge is -2.10. The van der Waals surface area contributed by atoms with Crippen LogP contribution in [-0.2, 0) is 16.4 Å². The molecule has 0 fully saturated rings. The zero-order valence-corrected chi connectivity index (χ0v) is 16.9. The number of pyridine rings is 1. The molecule has 3 aromatic carbocycles. The van der Waals surface area contributed by atoms with Crippen LogP contribution in [0.5, 0.6) is 11.5 Å². The zero-order chi connectivity index (χ0) is 20.8. The number of rotatable bonds is 7. The molecule has 0 bridgehead atoms. The minimum atomic E-state index is -3.69. The molecule has 0 atom stereocenters. The Morgan fingerprint density at radius 1 is 0.700 bits per heavy atom. The molecular weight excluding hydrogens is 396 g/mol. The molecule has 4 aromatic rings. The van der Waals surface area contributed by atoms with E-state index >= 15 is 0 Å². The van der Waals surface area contributed by atoms with E-state index in [4.69, 9.17) is 4.74 Å². The molecule has 0 aliphatic rings. The van der Waals surface area contributed by atoms with Crippen LogP contribution in [0.4, 0.5) is 5.69 Å². The smallest absolute Gasteiger partial charge is 0.261 e. The van der Waals surface area contributed by atoms with E-state index in [2.05, 4.69) is 9.71 Å². The summed E-state index contributed by atoms with van der Waals surface area (Å²) >= 11 is 0. The largest absolute Gasteiger partial charge is 0.457 e. The van der Waals surface area contributed by atoms with Crippen LogP contribution < -0.4 is 9.46 Å². The van der Waals surface area contributed by atoms with Crippen LogP contribution in [0.3, 0.4) is 0 Å². The first kappa shape index (κ1) is 19.7. The van der Waals surface area contributed by atoms with Crippen molar-refractivity contribution in [2.24, 2.45) is 0 Å². The Morgan fingerprint density at radius 2 is 1.30 bits per heavy atom. The molecule has 1 aromatic heterocycles. The lowest BCUT2D eigenvalue weighted by atomic mass is 10.1. The van der Waals surface area contributed by atoms with Gasteiger partial charge in [0.2, 0.25) is 0 Å². The van der Waals surface area contributed by atoms with Gasteiger partial charge in [-0.05, 0) is 78.2 Å². The van der Waals surface area contributed by atoms with Crippen molar-refractivity contribution in [2.45, 2.75) is 11.3 Å². The number of hydrogen-bond donors (Lipinski definition) is 1. The first-order chi connectivity index (χ1) is 14.6. The zero-order valence-electron chi connectivity index (χ0n) is 16.1. The van der Waals surface area contributed by atoms with E-state index in [1.54, 1.807) is 36.7 Å². The second-order valence-corrected chi connectivity index (χ2v) is 8.40. The molecule has 0 spiro atoms. The molecule has 1 N–H and O–H groups in total. The van der Waals surface area contributed by atoms with E-state index < -0.39 is 10.0 Å². The third kappa shape index (κ3) is 5.04. The number of benzene rings is 3. The first-order valence-corrected chi connectivity index (χ1v) is 10.9. The molecule has 1 heterocycles. The maximum absolute atomic E-state index is 12.7. The number of nitrogens with one attached hydrogen (secondary N) is 1. The van der Waals surface area contributed by atoms with Gasteiger partial charge in [-0.15, -0.1) is 0 Å². The van der Waals surface area contributed by atoms with Crippen molar-refractivity contribution in [3.05, 3.63) is 115 Å².